The first-order valence-electron chi connectivity index (χ1n) is 7.92. The second kappa shape index (κ2) is 8.85. The topological polar surface area (TPSA) is 88.0 Å². The minimum atomic E-state index is -0.799. The molecular weight excluding hydrogens is 384 g/mol. The Hall–Kier alpha value is -1.61. The van der Waals surface area contributed by atoms with E-state index in [9.17, 15) is 10.2 Å². The van der Waals surface area contributed by atoms with Gasteiger partial charge in [0, 0.05) is 20.8 Å². The third-order valence-corrected chi connectivity index (χ3v) is 8.31. The van der Waals surface area contributed by atoms with Gasteiger partial charge in [-0.1, -0.05) is 0 Å². The van der Waals surface area contributed by atoms with Crippen LogP contribution < -0.4 is 0 Å². The monoisotopic (exact) mass is 400 g/mol. The fourth-order valence-electron chi connectivity index (χ4n) is 2.50. The molecule has 1 aliphatic rings. The lowest BCUT2D eigenvalue weighted by atomic mass is 10.2. The molecule has 0 aliphatic carbocycles. The van der Waals surface area contributed by atoms with Gasteiger partial charge >= 0.3 is 0 Å². The fourth-order valence-corrected chi connectivity index (χ4v) is 6.73. The first kappa shape index (κ1) is 19.2. The highest BCUT2D eigenvalue weighted by Crippen LogP contribution is 2.45. The third kappa shape index (κ3) is 4.56. The van der Waals surface area contributed by atoms with Gasteiger partial charge in [-0.2, -0.15) is 10.5 Å². The smallest absolute Gasteiger partial charge is 0.102 e. The lowest BCUT2D eigenvalue weighted by Gasteiger charge is -2.15. The predicted molar refractivity (Wildman–Crippen MR) is 106 cm³/mol. The van der Waals surface area contributed by atoms with Crippen molar-refractivity contribution in [1.29, 1.82) is 10.5 Å². The summed E-state index contributed by atoms with van der Waals surface area (Å²) in [5.74, 6) is 0.680. The van der Waals surface area contributed by atoms with Crippen molar-refractivity contribution in [3.8, 4) is 12.1 Å². The van der Waals surface area contributed by atoms with Gasteiger partial charge in [-0.25, -0.2) is 0 Å². The molecule has 7 heteroatoms. The quantitative estimate of drug-likeness (QED) is 0.743. The Morgan fingerprint density at radius 2 is 1.38 bits per heavy atom. The van der Waals surface area contributed by atoms with E-state index in [0.29, 0.717) is 16.9 Å². The summed E-state index contributed by atoms with van der Waals surface area (Å²) in [5, 5.41) is 38.4. The van der Waals surface area contributed by atoms with Crippen LogP contribution in [0.25, 0.3) is 0 Å². The van der Waals surface area contributed by atoms with Gasteiger partial charge in [0.05, 0.1) is 34.0 Å². The molecule has 0 amide bonds. The molecule has 0 unspecified atom stereocenters. The average molecular weight is 401 g/mol. The second-order valence-corrected chi connectivity index (χ2v) is 9.72. The molecule has 132 valence electrons. The number of rotatable bonds is 5. The van der Waals surface area contributed by atoms with E-state index in [-0.39, 0.29) is 9.83 Å². The molecular formula is C19H16N2O2S3. The molecule has 0 aromatic heterocycles. The fraction of sp³-hybridized carbons (Fsp3) is 0.263. The first-order chi connectivity index (χ1) is 12.6. The lowest BCUT2D eigenvalue weighted by Crippen LogP contribution is -2.32. The van der Waals surface area contributed by atoms with Crippen LogP contribution in [0, 0.1) is 22.7 Å². The van der Waals surface area contributed by atoms with Crippen molar-refractivity contribution in [3.63, 3.8) is 0 Å². The second-order valence-electron chi connectivity index (χ2n) is 5.73. The summed E-state index contributed by atoms with van der Waals surface area (Å²) >= 11 is 4.70. The van der Waals surface area contributed by atoms with Crippen molar-refractivity contribution >= 4 is 35.3 Å². The molecule has 1 fully saturated rings. The molecule has 0 saturated carbocycles. The van der Waals surface area contributed by atoms with Crippen LogP contribution in [0.5, 0.6) is 0 Å². The zero-order chi connectivity index (χ0) is 18.5. The highest BCUT2D eigenvalue weighted by Gasteiger charge is 2.42. The summed E-state index contributed by atoms with van der Waals surface area (Å²) in [7, 11) is 0. The van der Waals surface area contributed by atoms with E-state index >= 15 is 0 Å². The van der Waals surface area contributed by atoms with E-state index in [1.54, 1.807) is 47.8 Å². The van der Waals surface area contributed by atoms with Gasteiger partial charge in [0.15, 0.2) is 0 Å². The maximum absolute atomic E-state index is 10.4. The van der Waals surface area contributed by atoms with E-state index < -0.39 is 12.2 Å². The van der Waals surface area contributed by atoms with Gasteiger partial charge in [-0.3, -0.25) is 0 Å². The lowest BCUT2D eigenvalue weighted by molar-refractivity contribution is 0.0411. The van der Waals surface area contributed by atoms with E-state index in [0.717, 1.165) is 9.79 Å². The van der Waals surface area contributed by atoms with Crippen LogP contribution in [0.1, 0.15) is 11.1 Å². The number of thioether (sulfide) groups is 3. The van der Waals surface area contributed by atoms with Crippen LogP contribution in [-0.2, 0) is 0 Å². The van der Waals surface area contributed by atoms with Crippen molar-refractivity contribution in [1.82, 2.24) is 0 Å². The first-order valence-corrected chi connectivity index (χ1v) is 10.7. The van der Waals surface area contributed by atoms with Gasteiger partial charge in [0.25, 0.3) is 0 Å². The molecule has 1 heterocycles. The van der Waals surface area contributed by atoms with Crippen molar-refractivity contribution in [2.24, 2.45) is 0 Å². The number of nitrogens with zero attached hydrogens (tertiary/aromatic N) is 2. The van der Waals surface area contributed by atoms with E-state index in [2.05, 4.69) is 12.1 Å². The number of hydrogen-bond donors (Lipinski definition) is 2. The van der Waals surface area contributed by atoms with Crippen molar-refractivity contribution in [3.05, 3.63) is 59.7 Å². The summed E-state index contributed by atoms with van der Waals surface area (Å²) in [6.45, 7) is 0. The van der Waals surface area contributed by atoms with Crippen LogP contribution in [0.3, 0.4) is 0 Å². The van der Waals surface area contributed by atoms with Crippen molar-refractivity contribution < 1.29 is 10.2 Å². The van der Waals surface area contributed by atoms with Gasteiger partial charge in [0.1, 0.15) is 6.10 Å². The summed E-state index contributed by atoms with van der Waals surface area (Å²) in [6, 6.07) is 18.8. The van der Waals surface area contributed by atoms with Crippen LogP contribution in [0.4, 0.5) is 0 Å². The molecule has 0 radical (unpaired) electrons. The third-order valence-electron chi connectivity index (χ3n) is 3.95. The SMILES string of the molecule is N#Cc1ccc(SC[C@@H]2S[C@@H](Sc3ccc(C#N)cc3)[C@H](O)[C@H]2O)cc1. The summed E-state index contributed by atoms with van der Waals surface area (Å²) in [6.07, 6.45) is -1.58. The number of benzene rings is 2. The van der Waals surface area contributed by atoms with Crippen molar-refractivity contribution in [2.45, 2.75) is 31.8 Å². The van der Waals surface area contributed by atoms with E-state index in [1.807, 2.05) is 24.3 Å². The molecule has 2 N–H and O–H groups in total. The Balaban J connectivity index is 1.57. The minimum absolute atomic E-state index is 0.0680. The molecule has 1 saturated heterocycles. The van der Waals surface area contributed by atoms with E-state index in [4.69, 9.17) is 10.5 Å². The number of nitriles is 2. The molecule has 26 heavy (non-hydrogen) atoms. The van der Waals surface area contributed by atoms with Crippen molar-refractivity contribution in [2.75, 3.05) is 5.75 Å². The largest absolute Gasteiger partial charge is 0.389 e. The molecule has 0 spiro atoms. The summed E-state index contributed by atoms with van der Waals surface area (Å²) in [4.78, 5) is 2.00. The van der Waals surface area contributed by atoms with E-state index in [1.165, 1.54) is 11.8 Å². The highest BCUT2D eigenvalue weighted by molar-refractivity contribution is 8.18. The van der Waals surface area contributed by atoms with Crippen LogP contribution in [0.2, 0.25) is 0 Å². The van der Waals surface area contributed by atoms with Gasteiger partial charge in [0.2, 0.25) is 0 Å². The zero-order valence-corrected chi connectivity index (χ0v) is 16.1. The minimum Gasteiger partial charge on any atom is -0.389 e. The normalized spacial score (nSPS) is 24.8. The Kier molecular flexibility index (Phi) is 6.53. The van der Waals surface area contributed by atoms with Crippen LogP contribution in [0.15, 0.2) is 58.3 Å². The molecule has 1 aliphatic heterocycles. The average Bonchev–Trinajstić information content (AvgIpc) is 2.95. The maximum Gasteiger partial charge on any atom is 0.102 e. The highest BCUT2D eigenvalue weighted by atomic mass is 32.2. The van der Waals surface area contributed by atoms with Gasteiger partial charge in [-0.05, 0) is 48.5 Å². The molecule has 4 nitrogen and oxygen atoms in total. The number of aliphatic hydroxyl groups is 2. The molecule has 2 aromatic carbocycles. The number of aliphatic hydroxyl groups excluding tert-OH is 2. The van der Waals surface area contributed by atoms with Gasteiger partial charge in [-0.15, -0.1) is 35.3 Å². The van der Waals surface area contributed by atoms with Crippen LogP contribution in [-0.4, -0.2) is 38.0 Å². The number of hydrogen-bond acceptors (Lipinski definition) is 7. The Bertz CT molecular complexity index is 828. The summed E-state index contributed by atoms with van der Waals surface area (Å²) in [5.41, 5.74) is 1.23. The zero-order valence-electron chi connectivity index (χ0n) is 13.6. The Morgan fingerprint density at radius 3 is 1.92 bits per heavy atom. The molecule has 3 rings (SSSR count). The molecule has 4 atom stereocenters. The molecule has 0 bridgehead atoms. The van der Waals surface area contributed by atoms with Gasteiger partial charge < -0.3 is 10.2 Å². The Morgan fingerprint density at radius 1 is 0.846 bits per heavy atom. The maximum atomic E-state index is 10.4. The predicted octanol–water partition coefficient (Wildman–Crippen LogP) is 3.48. The Labute approximate surface area is 165 Å². The standard InChI is InChI=1S/C19H16N2O2S3/c20-9-12-1-5-14(6-2-12)24-11-16-17(22)18(23)19(26-16)25-15-7-3-13(10-21)4-8-15/h1-8,16-19,22-23H,11H2/t16-,17-,18+,19+/m0/s1. The van der Waals surface area contributed by atoms with Crippen LogP contribution >= 0.6 is 35.3 Å². The summed E-state index contributed by atoms with van der Waals surface area (Å²) < 4.78 is -0.149. The molecule has 2 aromatic rings.